The third kappa shape index (κ3) is 7.44. The number of rotatable bonds is 10. The molecule has 0 spiro atoms. The number of hydrogen-bond acceptors (Lipinski definition) is 7. The molecular weight excluding hydrogens is 525 g/mol. The molecule has 3 rings (SSSR count). The molecule has 0 aromatic heterocycles. The van der Waals surface area contributed by atoms with Crippen LogP contribution < -0.4 is 10.2 Å². The highest BCUT2D eigenvalue weighted by Crippen LogP contribution is 2.32. The normalized spacial score (nSPS) is 11.9. The van der Waals surface area contributed by atoms with Crippen LogP contribution in [-0.2, 0) is 25.9 Å². The Morgan fingerprint density at radius 1 is 1.08 bits per heavy atom. The van der Waals surface area contributed by atoms with E-state index < -0.39 is 21.9 Å². The molecule has 10 heteroatoms. The summed E-state index contributed by atoms with van der Waals surface area (Å²) < 4.78 is 26.5. The van der Waals surface area contributed by atoms with Gasteiger partial charge in [0.2, 0.25) is 9.84 Å². The smallest absolute Gasteiger partial charge is 0.352 e. The van der Waals surface area contributed by atoms with Crippen LogP contribution in [0.25, 0.3) is 0 Å². The molecule has 3 aromatic rings. The topological polar surface area (TPSA) is 102 Å². The number of hydrogen-bond donors (Lipinski definition) is 2. The molecule has 0 saturated carbocycles. The van der Waals surface area contributed by atoms with Crippen molar-refractivity contribution < 1.29 is 28.1 Å². The SMILES string of the molecule is CC(=O)OOc1c(C)ccc(S(=O)(=O)c2ccc(CCNC[C@H](O)c3cccc(Cl)c3)cc2)c1C.Cl. The van der Waals surface area contributed by atoms with Crippen LogP contribution in [0.1, 0.15) is 35.3 Å². The predicted octanol–water partition coefficient (Wildman–Crippen LogP) is 4.93. The summed E-state index contributed by atoms with van der Waals surface area (Å²) in [5.41, 5.74) is 2.70. The third-order valence-corrected chi connectivity index (χ3v) is 7.63. The van der Waals surface area contributed by atoms with Crippen LogP contribution in [0.2, 0.25) is 5.02 Å². The molecule has 0 aliphatic heterocycles. The predicted molar refractivity (Wildman–Crippen MR) is 140 cm³/mol. The van der Waals surface area contributed by atoms with Gasteiger partial charge in [0.15, 0.2) is 5.75 Å². The van der Waals surface area contributed by atoms with Crippen molar-refractivity contribution in [2.24, 2.45) is 0 Å². The monoisotopic (exact) mass is 553 g/mol. The lowest BCUT2D eigenvalue weighted by Gasteiger charge is -2.14. The van der Waals surface area contributed by atoms with Gasteiger partial charge in [-0.05, 0) is 73.8 Å². The molecule has 1 atom stereocenters. The Balaban J connectivity index is 0.00000456. The Kier molecular flexibility index (Phi) is 10.8. The van der Waals surface area contributed by atoms with Crippen LogP contribution in [0.3, 0.4) is 0 Å². The van der Waals surface area contributed by atoms with Crippen molar-refractivity contribution in [3.8, 4) is 5.75 Å². The number of sulfone groups is 1. The Bertz CT molecular complexity index is 1300. The molecule has 0 fully saturated rings. The van der Waals surface area contributed by atoms with Crippen molar-refractivity contribution >= 4 is 39.8 Å². The lowest BCUT2D eigenvalue weighted by Crippen LogP contribution is -2.23. The first-order valence-corrected chi connectivity index (χ1v) is 12.9. The first-order valence-electron chi connectivity index (χ1n) is 11.0. The van der Waals surface area contributed by atoms with Gasteiger partial charge in [0, 0.05) is 24.1 Å². The average Bonchev–Trinajstić information content (AvgIpc) is 2.81. The molecule has 2 N–H and O–H groups in total. The first kappa shape index (κ1) is 29.6. The Morgan fingerprint density at radius 2 is 1.78 bits per heavy atom. The summed E-state index contributed by atoms with van der Waals surface area (Å²) in [7, 11) is -3.81. The molecule has 36 heavy (non-hydrogen) atoms. The van der Waals surface area contributed by atoms with E-state index in [2.05, 4.69) is 10.2 Å². The molecule has 0 unspecified atom stereocenters. The fourth-order valence-electron chi connectivity index (χ4n) is 3.59. The second-order valence-corrected chi connectivity index (χ2v) is 10.5. The third-order valence-electron chi connectivity index (χ3n) is 5.48. The van der Waals surface area contributed by atoms with E-state index in [1.807, 2.05) is 6.07 Å². The van der Waals surface area contributed by atoms with Crippen LogP contribution in [0.5, 0.6) is 5.75 Å². The summed E-state index contributed by atoms with van der Waals surface area (Å²) in [6, 6.07) is 16.9. The minimum Gasteiger partial charge on any atom is -0.387 e. The molecule has 0 heterocycles. The maximum atomic E-state index is 13.2. The first-order chi connectivity index (χ1) is 16.6. The number of benzene rings is 3. The van der Waals surface area contributed by atoms with Gasteiger partial charge in [-0.1, -0.05) is 41.9 Å². The lowest BCUT2D eigenvalue weighted by atomic mass is 10.1. The molecule has 194 valence electrons. The van der Waals surface area contributed by atoms with E-state index in [-0.39, 0.29) is 27.9 Å². The van der Waals surface area contributed by atoms with E-state index in [1.165, 1.54) is 13.0 Å². The Morgan fingerprint density at radius 3 is 2.42 bits per heavy atom. The van der Waals surface area contributed by atoms with Gasteiger partial charge in [0.25, 0.3) is 0 Å². The fourth-order valence-corrected chi connectivity index (χ4v) is 5.28. The van der Waals surface area contributed by atoms with Crippen LogP contribution in [0, 0.1) is 13.8 Å². The second kappa shape index (κ2) is 13.1. The number of carbonyl (C=O) groups excluding carboxylic acids is 1. The highest BCUT2D eigenvalue weighted by Gasteiger charge is 2.23. The van der Waals surface area contributed by atoms with Crippen molar-refractivity contribution in [1.29, 1.82) is 0 Å². The van der Waals surface area contributed by atoms with Crippen molar-refractivity contribution in [3.05, 3.63) is 87.9 Å². The van der Waals surface area contributed by atoms with E-state index in [4.69, 9.17) is 16.5 Å². The molecule has 0 aliphatic rings. The summed E-state index contributed by atoms with van der Waals surface area (Å²) in [6.45, 7) is 5.52. The molecule has 3 aromatic carbocycles. The van der Waals surface area contributed by atoms with Crippen LogP contribution >= 0.6 is 24.0 Å². The minimum absolute atomic E-state index is 0. The molecular formula is C26H29Cl2NO6S. The van der Waals surface area contributed by atoms with Gasteiger partial charge in [-0.3, -0.25) is 9.78 Å². The maximum Gasteiger partial charge on any atom is 0.352 e. The van der Waals surface area contributed by atoms with E-state index in [1.54, 1.807) is 62.4 Å². The number of aliphatic hydroxyl groups is 1. The summed E-state index contributed by atoms with van der Waals surface area (Å²) in [6.07, 6.45) is -0.0133. The van der Waals surface area contributed by atoms with Crippen LogP contribution in [0.15, 0.2) is 70.5 Å². The second-order valence-electron chi connectivity index (χ2n) is 8.17. The zero-order valence-corrected chi connectivity index (χ0v) is 22.5. The van der Waals surface area contributed by atoms with Gasteiger partial charge in [0.05, 0.1) is 15.9 Å². The minimum atomic E-state index is -3.81. The summed E-state index contributed by atoms with van der Waals surface area (Å²) in [5, 5.41) is 14.0. The van der Waals surface area contributed by atoms with E-state index in [0.29, 0.717) is 35.7 Å². The largest absolute Gasteiger partial charge is 0.387 e. The van der Waals surface area contributed by atoms with E-state index in [9.17, 15) is 18.3 Å². The number of aryl methyl sites for hydroxylation is 1. The average molecular weight is 554 g/mol. The fraction of sp³-hybridized carbons (Fsp3) is 0.269. The summed E-state index contributed by atoms with van der Waals surface area (Å²) >= 11 is 5.96. The standard InChI is InChI=1S/C26H28ClNO6S.ClH/c1-17-7-12-25(18(2)26(17)34-33-19(3)29)35(31,32)23-10-8-20(9-11-23)13-14-28-16-24(30)21-5-4-6-22(27)15-21;/h4-12,15,24,28,30H,13-14,16H2,1-3H3;1H/t24-;/m0./s1. The molecule has 0 aliphatic carbocycles. The van der Waals surface area contributed by atoms with Gasteiger partial charge in [-0.15, -0.1) is 12.4 Å². The van der Waals surface area contributed by atoms with Crippen LogP contribution in [0.4, 0.5) is 0 Å². The van der Waals surface area contributed by atoms with Crippen molar-refractivity contribution in [2.75, 3.05) is 13.1 Å². The van der Waals surface area contributed by atoms with Crippen molar-refractivity contribution in [1.82, 2.24) is 5.32 Å². The van der Waals surface area contributed by atoms with Gasteiger partial charge in [-0.25, -0.2) is 13.2 Å². The molecule has 7 nitrogen and oxygen atoms in total. The Hall–Kier alpha value is -2.62. The zero-order valence-electron chi connectivity index (χ0n) is 20.2. The lowest BCUT2D eigenvalue weighted by molar-refractivity contribution is -0.211. The van der Waals surface area contributed by atoms with Crippen molar-refractivity contribution in [3.63, 3.8) is 0 Å². The molecule has 0 radical (unpaired) electrons. The summed E-state index contributed by atoms with van der Waals surface area (Å²) in [4.78, 5) is 21.0. The highest BCUT2D eigenvalue weighted by atomic mass is 35.5. The number of carbonyl (C=O) groups is 1. The number of nitrogens with one attached hydrogen (secondary N) is 1. The van der Waals surface area contributed by atoms with Crippen LogP contribution in [-0.4, -0.2) is 32.6 Å². The van der Waals surface area contributed by atoms with E-state index in [0.717, 1.165) is 11.1 Å². The van der Waals surface area contributed by atoms with Gasteiger partial charge in [-0.2, -0.15) is 0 Å². The van der Waals surface area contributed by atoms with Gasteiger partial charge >= 0.3 is 5.97 Å². The quantitative estimate of drug-likeness (QED) is 0.208. The Labute approximate surface area is 222 Å². The maximum absolute atomic E-state index is 13.2. The van der Waals surface area contributed by atoms with E-state index >= 15 is 0 Å². The highest BCUT2D eigenvalue weighted by molar-refractivity contribution is 7.91. The molecule has 0 amide bonds. The number of halogens is 2. The van der Waals surface area contributed by atoms with Gasteiger partial charge in [0.1, 0.15) is 0 Å². The summed E-state index contributed by atoms with van der Waals surface area (Å²) in [5.74, 6) is -0.440. The molecule has 0 bridgehead atoms. The van der Waals surface area contributed by atoms with Crippen molar-refractivity contribution in [2.45, 2.75) is 43.1 Å². The zero-order chi connectivity index (χ0) is 25.6. The van der Waals surface area contributed by atoms with Gasteiger partial charge < -0.3 is 10.4 Å². The molecule has 0 saturated heterocycles. The number of aliphatic hydroxyl groups excluding tert-OH is 1.